The first-order valence-electron chi connectivity index (χ1n) is 6.67. The number of halogens is 2. The number of hydrogen-bond acceptors (Lipinski definition) is 2. The summed E-state index contributed by atoms with van der Waals surface area (Å²) in [5.74, 6) is -0.420. The van der Waals surface area contributed by atoms with Crippen LogP contribution in [-0.2, 0) is 6.42 Å². The van der Waals surface area contributed by atoms with Crippen LogP contribution in [0.4, 0.5) is 4.39 Å². The monoisotopic (exact) mass is 348 g/mol. The molecule has 1 heterocycles. The maximum atomic E-state index is 13.5. The molecular weight excluding hydrogens is 335 g/mol. The van der Waals surface area contributed by atoms with Crippen LogP contribution >= 0.6 is 15.9 Å². The number of nitrogens with two attached hydrogens (primary N) is 1. The van der Waals surface area contributed by atoms with E-state index in [1.165, 1.54) is 12.1 Å². The molecule has 3 nitrogen and oxygen atoms in total. The molecule has 0 saturated heterocycles. The minimum atomic E-state index is -0.475. The SMILES string of the molecule is NC(c1cc(F)cc(Br)c1)c1ccc2c(c1)C(=O)NCC2. The number of carbonyl (C=O) groups excluding carboxylic acids is 1. The van der Waals surface area contributed by atoms with Crippen molar-refractivity contribution in [1.29, 1.82) is 0 Å². The van der Waals surface area contributed by atoms with E-state index in [9.17, 15) is 9.18 Å². The van der Waals surface area contributed by atoms with Crippen molar-refractivity contribution in [2.24, 2.45) is 5.73 Å². The third-order valence-corrected chi connectivity index (χ3v) is 4.12. The van der Waals surface area contributed by atoms with Crippen LogP contribution in [0.2, 0.25) is 0 Å². The molecule has 108 valence electrons. The molecule has 5 heteroatoms. The highest BCUT2D eigenvalue weighted by molar-refractivity contribution is 9.10. The Hall–Kier alpha value is -1.72. The minimum Gasteiger partial charge on any atom is -0.352 e. The van der Waals surface area contributed by atoms with Crippen molar-refractivity contribution < 1.29 is 9.18 Å². The van der Waals surface area contributed by atoms with Crippen molar-refractivity contribution >= 4 is 21.8 Å². The lowest BCUT2D eigenvalue weighted by atomic mass is 9.93. The molecule has 2 aromatic rings. The van der Waals surface area contributed by atoms with E-state index in [0.29, 0.717) is 22.1 Å². The largest absolute Gasteiger partial charge is 0.352 e. The van der Waals surface area contributed by atoms with E-state index in [-0.39, 0.29) is 11.7 Å². The number of nitrogens with one attached hydrogen (secondary N) is 1. The van der Waals surface area contributed by atoms with Crippen LogP contribution in [0.15, 0.2) is 40.9 Å². The lowest BCUT2D eigenvalue weighted by Crippen LogP contribution is -2.32. The van der Waals surface area contributed by atoms with Crippen LogP contribution in [0.1, 0.15) is 33.1 Å². The summed E-state index contributed by atoms with van der Waals surface area (Å²) in [4.78, 5) is 11.9. The highest BCUT2D eigenvalue weighted by Crippen LogP contribution is 2.26. The molecule has 21 heavy (non-hydrogen) atoms. The van der Waals surface area contributed by atoms with Crippen LogP contribution in [0.5, 0.6) is 0 Å². The smallest absolute Gasteiger partial charge is 0.251 e. The summed E-state index contributed by atoms with van der Waals surface area (Å²) in [6.07, 6.45) is 0.822. The third-order valence-electron chi connectivity index (χ3n) is 3.66. The summed E-state index contributed by atoms with van der Waals surface area (Å²) in [5, 5.41) is 2.82. The standard InChI is InChI=1S/C16H14BrFN2O/c17-12-5-11(6-13(18)8-12)15(19)10-2-1-9-3-4-20-16(21)14(9)7-10/h1-2,5-8,15H,3-4,19H2,(H,20,21). The van der Waals surface area contributed by atoms with Gasteiger partial charge in [-0.05, 0) is 47.4 Å². The van der Waals surface area contributed by atoms with Gasteiger partial charge in [0.1, 0.15) is 5.82 Å². The summed E-state index contributed by atoms with van der Waals surface area (Å²) >= 11 is 3.26. The molecule has 0 saturated carbocycles. The third kappa shape index (κ3) is 2.84. The highest BCUT2D eigenvalue weighted by atomic mass is 79.9. The first kappa shape index (κ1) is 14.2. The fraction of sp³-hybridized carbons (Fsp3) is 0.188. The molecule has 1 atom stereocenters. The maximum Gasteiger partial charge on any atom is 0.251 e. The van der Waals surface area contributed by atoms with Crippen LogP contribution in [0.25, 0.3) is 0 Å². The van der Waals surface area contributed by atoms with E-state index in [2.05, 4.69) is 21.2 Å². The number of carbonyl (C=O) groups is 1. The topological polar surface area (TPSA) is 55.1 Å². The molecule has 1 unspecified atom stereocenters. The average Bonchev–Trinajstić information content (AvgIpc) is 2.45. The number of fused-ring (bicyclic) bond motifs is 1. The summed E-state index contributed by atoms with van der Waals surface area (Å²) in [6.45, 7) is 0.661. The zero-order valence-corrected chi connectivity index (χ0v) is 12.8. The molecule has 0 bridgehead atoms. The van der Waals surface area contributed by atoms with Crippen molar-refractivity contribution in [3.63, 3.8) is 0 Å². The van der Waals surface area contributed by atoms with Gasteiger partial charge in [-0.25, -0.2) is 4.39 Å². The van der Waals surface area contributed by atoms with Gasteiger partial charge in [-0.3, -0.25) is 4.79 Å². The summed E-state index contributed by atoms with van der Waals surface area (Å²) in [6, 6.07) is 9.74. The van der Waals surface area contributed by atoms with Crippen molar-refractivity contribution in [1.82, 2.24) is 5.32 Å². The molecular formula is C16H14BrFN2O. The molecule has 0 spiro atoms. The molecule has 1 amide bonds. The summed E-state index contributed by atoms with van der Waals surface area (Å²) in [5.41, 5.74) is 9.35. The Labute approximate surface area is 130 Å². The van der Waals surface area contributed by atoms with E-state index in [1.54, 1.807) is 12.1 Å². The Balaban J connectivity index is 2.00. The molecule has 0 fully saturated rings. The van der Waals surface area contributed by atoms with Gasteiger partial charge in [0.25, 0.3) is 5.91 Å². The zero-order valence-electron chi connectivity index (χ0n) is 11.2. The van der Waals surface area contributed by atoms with Gasteiger partial charge >= 0.3 is 0 Å². The predicted octanol–water partition coefficient (Wildman–Crippen LogP) is 2.92. The molecule has 1 aliphatic heterocycles. The maximum absolute atomic E-state index is 13.5. The van der Waals surface area contributed by atoms with Gasteiger partial charge in [-0.1, -0.05) is 28.1 Å². The second-order valence-corrected chi connectivity index (χ2v) is 6.02. The molecule has 0 aliphatic carbocycles. The van der Waals surface area contributed by atoms with Gasteiger partial charge in [-0.2, -0.15) is 0 Å². The first-order valence-corrected chi connectivity index (χ1v) is 7.46. The van der Waals surface area contributed by atoms with Gasteiger partial charge in [0.2, 0.25) is 0 Å². The fourth-order valence-electron chi connectivity index (χ4n) is 2.57. The molecule has 0 aromatic heterocycles. The van der Waals surface area contributed by atoms with Gasteiger partial charge in [0.05, 0.1) is 6.04 Å². The average molecular weight is 349 g/mol. The Morgan fingerprint density at radius 2 is 2.00 bits per heavy atom. The highest BCUT2D eigenvalue weighted by Gasteiger charge is 2.19. The van der Waals surface area contributed by atoms with E-state index in [0.717, 1.165) is 17.5 Å². The normalized spacial score (nSPS) is 15.3. The molecule has 2 aromatic carbocycles. The number of rotatable bonds is 2. The quantitative estimate of drug-likeness (QED) is 0.876. The zero-order chi connectivity index (χ0) is 15.0. The van der Waals surface area contributed by atoms with Gasteiger partial charge in [-0.15, -0.1) is 0 Å². The van der Waals surface area contributed by atoms with Crippen LogP contribution in [0, 0.1) is 5.82 Å². The Morgan fingerprint density at radius 1 is 1.19 bits per heavy atom. The molecule has 1 aliphatic rings. The lowest BCUT2D eigenvalue weighted by Gasteiger charge is -2.19. The van der Waals surface area contributed by atoms with E-state index < -0.39 is 6.04 Å². The number of hydrogen-bond donors (Lipinski definition) is 2. The molecule has 0 radical (unpaired) electrons. The second-order valence-electron chi connectivity index (χ2n) is 5.10. The van der Waals surface area contributed by atoms with Crippen LogP contribution in [-0.4, -0.2) is 12.5 Å². The molecule has 3 N–H and O–H groups in total. The predicted molar refractivity (Wildman–Crippen MR) is 82.6 cm³/mol. The van der Waals surface area contributed by atoms with Crippen molar-refractivity contribution in [3.05, 3.63) is 68.9 Å². The van der Waals surface area contributed by atoms with E-state index in [4.69, 9.17) is 5.73 Å². The van der Waals surface area contributed by atoms with Gasteiger partial charge < -0.3 is 11.1 Å². The Morgan fingerprint density at radius 3 is 2.76 bits per heavy atom. The fourth-order valence-corrected chi connectivity index (χ4v) is 3.05. The Bertz CT molecular complexity index is 697. The summed E-state index contributed by atoms with van der Waals surface area (Å²) < 4.78 is 14.1. The number of amides is 1. The van der Waals surface area contributed by atoms with Crippen molar-refractivity contribution in [3.8, 4) is 0 Å². The number of benzene rings is 2. The minimum absolute atomic E-state index is 0.0780. The van der Waals surface area contributed by atoms with E-state index >= 15 is 0 Å². The lowest BCUT2D eigenvalue weighted by molar-refractivity contribution is 0.0946. The first-order chi connectivity index (χ1) is 10.0. The van der Waals surface area contributed by atoms with Crippen molar-refractivity contribution in [2.45, 2.75) is 12.5 Å². The van der Waals surface area contributed by atoms with E-state index in [1.807, 2.05) is 12.1 Å². The van der Waals surface area contributed by atoms with Gasteiger partial charge in [0.15, 0.2) is 0 Å². The van der Waals surface area contributed by atoms with Crippen LogP contribution < -0.4 is 11.1 Å². The second kappa shape index (κ2) is 5.58. The van der Waals surface area contributed by atoms with Crippen LogP contribution in [0.3, 0.4) is 0 Å². The van der Waals surface area contributed by atoms with Crippen molar-refractivity contribution in [2.75, 3.05) is 6.54 Å². The Kier molecular flexibility index (Phi) is 3.78. The molecule has 3 rings (SSSR count). The van der Waals surface area contributed by atoms with Gasteiger partial charge in [0, 0.05) is 16.6 Å². The summed E-state index contributed by atoms with van der Waals surface area (Å²) in [7, 11) is 0.